The van der Waals surface area contributed by atoms with Crippen molar-refractivity contribution >= 4 is 46.3 Å². The molecule has 3 aromatic carbocycles. The maximum atomic E-state index is 13.8. The predicted octanol–water partition coefficient (Wildman–Crippen LogP) is 5.65. The number of nitrogens with zero attached hydrogens (tertiary/aromatic N) is 6. The first-order chi connectivity index (χ1) is 22.4. The summed E-state index contributed by atoms with van der Waals surface area (Å²) in [5, 5.41) is 31.2. The van der Waals surface area contributed by atoms with E-state index in [1.165, 1.54) is 36.0 Å². The number of amides is 2. The molecule has 0 aliphatic carbocycles. The molecule has 1 aliphatic rings. The highest BCUT2D eigenvalue weighted by Gasteiger charge is 2.33. The maximum Gasteiger partial charge on any atom is 0.269 e. The minimum absolute atomic E-state index is 0.0341. The Morgan fingerprint density at radius 1 is 1.02 bits per heavy atom. The van der Waals surface area contributed by atoms with Crippen LogP contribution >= 0.6 is 23.1 Å². The van der Waals surface area contributed by atoms with Crippen molar-refractivity contribution in [2.45, 2.75) is 24.2 Å². The van der Waals surface area contributed by atoms with Gasteiger partial charge in [-0.1, -0.05) is 48.2 Å². The van der Waals surface area contributed by atoms with Crippen molar-refractivity contribution in [3.05, 3.63) is 128 Å². The molecule has 46 heavy (non-hydrogen) atoms. The third-order valence-electron chi connectivity index (χ3n) is 7.26. The molecule has 0 spiro atoms. The number of non-ortho nitro benzene ring substituents is 1. The van der Waals surface area contributed by atoms with Gasteiger partial charge >= 0.3 is 0 Å². The second-order valence-electron chi connectivity index (χ2n) is 10.1. The van der Waals surface area contributed by atoms with Crippen LogP contribution in [0.3, 0.4) is 0 Å². The van der Waals surface area contributed by atoms with E-state index in [1.807, 2.05) is 72.1 Å². The van der Waals surface area contributed by atoms with Gasteiger partial charge in [-0.15, -0.1) is 21.5 Å². The summed E-state index contributed by atoms with van der Waals surface area (Å²) in [7, 11) is 1.61. The number of carbonyl (C=O) groups excluding carboxylic acids is 2. The Balaban J connectivity index is 1.20. The molecule has 0 fully saturated rings. The molecule has 0 bridgehead atoms. The fourth-order valence-electron chi connectivity index (χ4n) is 4.95. The standard InChI is InChI=1S/C32H27N7O5S2/c1-44-25-15-11-21(12-16-25)27-18-26(28-8-5-17-45-28)36-38(27)30(40)20-46-32-35-34-29(37(32)23-6-3-2-4-7-23)19-33-31(41)22-9-13-24(14-10-22)39(42)43/h2-17,27H,18-20H2,1H3,(H,33,41)/t27-/m1/s1. The van der Waals surface area contributed by atoms with Crippen molar-refractivity contribution in [3.63, 3.8) is 0 Å². The molecule has 6 rings (SSSR count). The number of nitro groups is 1. The molecule has 232 valence electrons. The number of carbonyl (C=O) groups is 2. The lowest BCUT2D eigenvalue weighted by molar-refractivity contribution is -0.384. The first-order valence-electron chi connectivity index (χ1n) is 14.1. The van der Waals surface area contributed by atoms with E-state index in [9.17, 15) is 19.7 Å². The average Bonchev–Trinajstić information content (AvgIpc) is 3.87. The number of thioether (sulfide) groups is 1. The number of hydrogen-bond acceptors (Lipinski definition) is 10. The number of rotatable bonds is 11. The zero-order valence-corrected chi connectivity index (χ0v) is 26.1. The van der Waals surface area contributed by atoms with E-state index in [2.05, 4.69) is 15.5 Å². The van der Waals surface area contributed by atoms with Gasteiger partial charge < -0.3 is 10.1 Å². The van der Waals surface area contributed by atoms with E-state index in [0.29, 0.717) is 17.4 Å². The molecule has 0 saturated carbocycles. The highest BCUT2D eigenvalue weighted by atomic mass is 32.2. The zero-order chi connectivity index (χ0) is 32.0. The number of hydrazone groups is 1. The number of hydrogen-bond donors (Lipinski definition) is 1. The minimum atomic E-state index is -0.522. The summed E-state index contributed by atoms with van der Waals surface area (Å²) in [5.41, 5.74) is 2.74. The summed E-state index contributed by atoms with van der Waals surface area (Å²) in [6, 6.07) is 26.1. The van der Waals surface area contributed by atoms with Crippen LogP contribution in [0.25, 0.3) is 5.69 Å². The van der Waals surface area contributed by atoms with Crippen molar-refractivity contribution in [1.29, 1.82) is 0 Å². The van der Waals surface area contributed by atoms with Gasteiger partial charge in [0.1, 0.15) is 5.75 Å². The summed E-state index contributed by atoms with van der Waals surface area (Å²) in [5.74, 6) is 0.628. The molecular formula is C32H27N7O5S2. The SMILES string of the molecule is COc1ccc([C@H]2CC(c3cccs3)=NN2C(=O)CSc2nnc(CNC(=O)c3ccc([N+](=O)[O-])cc3)n2-c2ccccc2)cc1. The third kappa shape index (κ3) is 6.67. The Bertz CT molecular complexity index is 1880. The highest BCUT2D eigenvalue weighted by Crippen LogP contribution is 2.35. The molecule has 1 aliphatic heterocycles. The van der Waals surface area contributed by atoms with E-state index < -0.39 is 10.8 Å². The lowest BCUT2D eigenvalue weighted by atomic mass is 10.0. The lowest BCUT2D eigenvalue weighted by Crippen LogP contribution is -2.28. The van der Waals surface area contributed by atoms with Crippen LogP contribution in [0, 0.1) is 10.1 Å². The van der Waals surface area contributed by atoms with Gasteiger partial charge in [0.2, 0.25) is 0 Å². The van der Waals surface area contributed by atoms with Gasteiger partial charge in [0.15, 0.2) is 11.0 Å². The minimum Gasteiger partial charge on any atom is -0.497 e. The molecule has 3 heterocycles. The third-order valence-corrected chi connectivity index (χ3v) is 9.09. The molecule has 0 radical (unpaired) electrons. The first-order valence-corrected chi connectivity index (χ1v) is 16.0. The fourth-order valence-corrected chi connectivity index (χ4v) is 6.49. The molecule has 2 aromatic heterocycles. The van der Waals surface area contributed by atoms with Crippen molar-refractivity contribution < 1.29 is 19.2 Å². The van der Waals surface area contributed by atoms with Crippen molar-refractivity contribution in [2.24, 2.45) is 5.10 Å². The number of ether oxygens (including phenoxy) is 1. The Hall–Kier alpha value is -5.34. The number of nitro benzene ring substituents is 1. The van der Waals surface area contributed by atoms with Crippen LogP contribution < -0.4 is 10.1 Å². The number of thiophene rings is 1. The Morgan fingerprint density at radius 3 is 2.46 bits per heavy atom. The van der Waals surface area contributed by atoms with Crippen LogP contribution in [-0.2, 0) is 11.3 Å². The van der Waals surface area contributed by atoms with Gasteiger partial charge in [-0.25, -0.2) is 5.01 Å². The predicted molar refractivity (Wildman–Crippen MR) is 174 cm³/mol. The number of benzene rings is 3. The van der Waals surface area contributed by atoms with Gasteiger partial charge in [0, 0.05) is 29.8 Å². The Labute approximate surface area is 271 Å². The van der Waals surface area contributed by atoms with Crippen LogP contribution in [0.5, 0.6) is 5.75 Å². The second-order valence-corrected chi connectivity index (χ2v) is 12.0. The van der Waals surface area contributed by atoms with Gasteiger partial charge in [-0.05, 0) is 53.4 Å². The largest absolute Gasteiger partial charge is 0.497 e. The Kier molecular flexibility index (Phi) is 9.17. The number of aromatic nitrogens is 3. The van der Waals surface area contributed by atoms with Gasteiger partial charge in [0.05, 0.1) is 41.0 Å². The summed E-state index contributed by atoms with van der Waals surface area (Å²) >= 11 is 2.81. The van der Waals surface area contributed by atoms with Crippen LogP contribution in [0.15, 0.2) is 107 Å². The van der Waals surface area contributed by atoms with Gasteiger partial charge in [-0.3, -0.25) is 24.3 Å². The van der Waals surface area contributed by atoms with Crippen LogP contribution in [-0.4, -0.2) is 55.1 Å². The van der Waals surface area contributed by atoms with E-state index in [1.54, 1.807) is 28.0 Å². The number of nitrogens with one attached hydrogen (secondary N) is 1. The normalized spacial score (nSPS) is 14.2. The van der Waals surface area contributed by atoms with Crippen molar-refractivity contribution in [2.75, 3.05) is 12.9 Å². The van der Waals surface area contributed by atoms with Crippen molar-refractivity contribution in [3.8, 4) is 11.4 Å². The molecule has 0 unspecified atom stereocenters. The monoisotopic (exact) mass is 653 g/mol. The molecule has 2 amide bonds. The molecule has 12 nitrogen and oxygen atoms in total. The van der Waals surface area contributed by atoms with Crippen LogP contribution in [0.4, 0.5) is 5.69 Å². The zero-order valence-electron chi connectivity index (χ0n) is 24.5. The maximum absolute atomic E-state index is 13.8. The smallest absolute Gasteiger partial charge is 0.269 e. The summed E-state index contributed by atoms with van der Waals surface area (Å²) in [4.78, 5) is 38.0. The van der Waals surface area contributed by atoms with Crippen LogP contribution in [0.1, 0.15) is 39.1 Å². The first kappa shape index (κ1) is 30.7. The average molecular weight is 654 g/mol. The molecule has 1 N–H and O–H groups in total. The van der Waals surface area contributed by atoms with E-state index >= 15 is 0 Å². The Morgan fingerprint density at radius 2 is 1.78 bits per heavy atom. The fraction of sp³-hybridized carbons (Fsp3) is 0.156. The molecule has 1 atom stereocenters. The van der Waals surface area contributed by atoms with Crippen LogP contribution in [0.2, 0.25) is 0 Å². The number of methoxy groups -OCH3 is 1. The summed E-state index contributed by atoms with van der Waals surface area (Å²) in [6.45, 7) is 0.0341. The van der Waals surface area contributed by atoms with Gasteiger partial charge in [-0.2, -0.15) is 5.10 Å². The van der Waals surface area contributed by atoms with Gasteiger partial charge in [0.25, 0.3) is 17.5 Å². The summed E-state index contributed by atoms with van der Waals surface area (Å²) in [6.07, 6.45) is 0.585. The van der Waals surface area contributed by atoms with E-state index in [-0.39, 0.29) is 35.5 Å². The molecule has 0 saturated heterocycles. The van der Waals surface area contributed by atoms with E-state index in [4.69, 9.17) is 9.84 Å². The van der Waals surface area contributed by atoms with E-state index in [0.717, 1.165) is 27.6 Å². The number of para-hydroxylation sites is 1. The summed E-state index contributed by atoms with van der Waals surface area (Å²) < 4.78 is 7.11. The quantitative estimate of drug-likeness (QED) is 0.109. The topological polar surface area (TPSA) is 145 Å². The van der Waals surface area contributed by atoms with Crippen molar-refractivity contribution in [1.82, 2.24) is 25.1 Å². The molecule has 5 aromatic rings. The molecular weight excluding hydrogens is 627 g/mol. The lowest BCUT2D eigenvalue weighted by Gasteiger charge is -2.22. The second kappa shape index (κ2) is 13.7. The highest BCUT2D eigenvalue weighted by molar-refractivity contribution is 7.99. The molecule has 14 heteroatoms.